The molecular weight excluding hydrogens is 407 g/mol. The Kier molecular flexibility index (Phi) is 6.16. The second kappa shape index (κ2) is 9.18. The molecule has 0 spiro atoms. The topological polar surface area (TPSA) is 68.4 Å². The van der Waals surface area contributed by atoms with Gasteiger partial charge in [-0.05, 0) is 47.4 Å². The molecule has 2 heterocycles. The molecule has 0 aliphatic rings. The molecule has 164 valence electrons. The van der Waals surface area contributed by atoms with Gasteiger partial charge >= 0.3 is 0 Å². The van der Waals surface area contributed by atoms with Gasteiger partial charge in [-0.2, -0.15) is 5.10 Å². The zero-order valence-electron chi connectivity index (χ0n) is 18.1. The lowest BCUT2D eigenvalue weighted by Gasteiger charge is -2.09. The maximum atomic E-state index is 13.2. The van der Waals surface area contributed by atoms with Gasteiger partial charge in [0.1, 0.15) is 11.3 Å². The van der Waals surface area contributed by atoms with Crippen LogP contribution in [0.1, 0.15) is 37.3 Å². The molecule has 0 aliphatic heterocycles. The van der Waals surface area contributed by atoms with Crippen molar-refractivity contribution in [2.45, 2.75) is 39.3 Å². The smallest absolute Gasteiger partial charge is 0.276 e. The van der Waals surface area contributed by atoms with E-state index in [1.165, 1.54) is 26.8 Å². The molecule has 0 atom stereocenters. The van der Waals surface area contributed by atoms with Gasteiger partial charge in [-0.1, -0.05) is 38.1 Å². The van der Waals surface area contributed by atoms with E-state index in [0.717, 1.165) is 11.1 Å². The van der Waals surface area contributed by atoms with E-state index in [0.29, 0.717) is 23.7 Å². The van der Waals surface area contributed by atoms with Gasteiger partial charge in [-0.3, -0.25) is 9.59 Å². The van der Waals surface area contributed by atoms with Crippen LogP contribution in [0.2, 0.25) is 0 Å². The average Bonchev–Trinajstić information content (AvgIpc) is 3.23. The van der Waals surface area contributed by atoms with E-state index in [9.17, 15) is 14.0 Å². The summed E-state index contributed by atoms with van der Waals surface area (Å²) in [7, 11) is 0. The van der Waals surface area contributed by atoms with E-state index in [1.54, 1.807) is 30.6 Å². The third-order valence-electron chi connectivity index (χ3n) is 5.46. The number of aromatic nitrogens is 3. The van der Waals surface area contributed by atoms with Gasteiger partial charge < -0.3 is 9.88 Å². The van der Waals surface area contributed by atoms with E-state index in [2.05, 4.69) is 36.4 Å². The highest BCUT2D eigenvalue weighted by Gasteiger charge is 2.10. The molecule has 0 fully saturated rings. The minimum absolute atomic E-state index is 0.120. The second-order valence-corrected chi connectivity index (χ2v) is 8.09. The van der Waals surface area contributed by atoms with Crippen molar-refractivity contribution in [1.82, 2.24) is 19.5 Å². The summed E-state index contributed by atoms with van der Waals surface area (Å²) >= 11 is 0. The van der Waals surface area contributed by atoms with Crippen molar-refractivity contribution in [2.24, 2.45) is 0 Å². The fraction of sp³-hybridized carbons (Fsp3) is 0.240. The molecule has 0 saturated heterocycles. The summed E-state index contributed by atoms with van der Waals surface area (Å²) in [6.45, 7) is 5.01. The van der Waals surface area contributed by atoms with E-state index < -0.39 is 0 Å². The van der Waals surface area contributed by atoms with Crippen LogP contribution in [0.5, 0.6) is 0 Å². The third kappa shape index (κ3) is 4.77. The first kappa shape index (κ1) is 21.5. The number of carbonyl (C=O) groups excluding carboxylic acids is 1. The summed E-state index contributed by atoms with van der Waals surface area (Å²) in [5, 5.41) is 7.29. The van der Waals surface area contributed by atoms with Crippen LogP contribution in [-0.2, 0) is 17.9 Å². The minimum Gasteiger partial charge on any atom is -0.352 e. The maximum absolute atomic E-state index is 13.2. The Hall–Kier alpha value is -3.74. The van der Waals surface area contributed by atoms with Crippen LogP contribution in [-0.4, -0.2) is 20.1 Å². The molecule has 0 aliphatic carbocycles. The zero-order valence-corrected chi connectivity index (χ0v) is 18.1. The van der Waals surface area contributed by atoms with Crippen LogP contribution in [0.15, 0.2) is 71.8 Å². The molecule has 2 aromatic heterocycles. The highest BCUT2D eigenvalue weighted by molar-refractivity contribution is 5.75. The number of aryl methyl sites for hydroxylation is 1. The Morgan fingerprint density at radius 2 is 1.78 bits per heavy atom. The van der Waals surface area contributed by atoms with Crippen LogP contribution >= 0.6 is 0 Å². The fourth-order valence-electron chi connectivity index (χ4n) is 3.50. The average molecular weight is 432 g/mol. The predicted octanol–water partition coefficient (Wildman–Crippen LogP) is 4.13. The lowest BCUT2D eigenvalue weighted by Crippen LogP contribution is -2.27. The number of hydrogen-bond acceptors (Lipinski definition) is 3. The Morgan fingerprint density at radius 3 is 2.47 bits per heavy atom. The van der Waals surface area contributed by atoms with Crippen molar-refractivity contribution in [3.63, 3.8) is 0 Å². The minimum atomic E-state index is -0.328. The Labute approximate surface area is 185 Å². The van der Waals surface area contributed by atoms with Crippen molar-refractivity contribution >= 4 is 11.4 Å². The first-order chi connectivity index (χ1) is 15.4. The van der Waals surface area contributed by atoms with Gasteiger partial charge in [-0.25, -0.2) is 8.91 Å². The second-order valence-electron chi connectivity index (χ2n) is 8.09. The fourth-order valence-corrected chi connectivity index (χ4v) is 3.50. The molecule has 1 amide bonds. The molecule has 4 aromatic rings. The number of amides is 1. The highest BCUT2D eigenvalue weighted by atomic mass is 19.1. The van der Waals surface area contributed by atoms with E-state index in [-0.39, 0.29) is 30.2 Å². The summed E-state index contributed by atoms with van der Waals surface area (Å²) in [6.07, 6.45) is 3.49. The summed E-state index contributed by atoms with van der Waals surface area (Å²) in [5.74, 6) is 0.0211. The molecule has 0 unspecified atom stereocenters. The molecule has 6 nitrogen and oxygen atoms in total. The van der Waals surface area contributed by atoms with Crippen molar-refractivity contribution < 1.29 is 9.18 Å². The number of hydrogen-bond donors (Lipinski definition) is 1. The van der Waals surface area contributed by atoms with Crippen LogP contribution in [0, 0.1) is 5.82 Å². The largest absolute Gasteiger partial charge is 0.352 e. The Balaban J connectivity index is 1.39. The maximum Gasteiger partial charge on any atom is 0.276 e. The number of benzene rings is 2. The number of carbonyl (C=O) groups is 1. The van der Waals surface area contributed by atoms with Crippen molar-refractivity contribution in [3.05, 3.63) is 94.3 Å². The quantitative estimate of drug-likeness (QED) is 0.477. The molecule has 7 heteroatoms. The predicted molar refractivity (Wildman–Crippen MR) is 122 cm³/mol. The standard InChI is InChI=1S/C25H25FN4O2/c1-17(2)19-5-3-18(4-6-19)16-27-24(31)11-12-29-13-14-30-23(25(29)32)15-22(28-30)20-7-9-21(26)10-8-20/h3-10,13-15,17H,11-12,16H2,1-2H3,(H,27,31). The third-order valence-corrected chi connectivity index (χ3v) is 5.46. The number of nitrogens with zero attached hydrogens (tertiary/aromatic N) is 3. The van der Waals surface area contributed by atoms with Gasteiger partial charge in [-0.15, -0.1) is 0 Å². The van der Waals surface area contributed by atoms with Crippen molar-refractivity contribution in [3.8, 4) is 11.3 Å². The molecule has 0 radical (unpaired) electrons. The van der Waals surface area contributed by atoms with Gasteiger partial charge in [0.05, 0.1) is 5.69 Å². The van der Waals surface area contributed by atoms with E-state index in [4.69, 9.17) is 0 Å². The monoisotopic (exact) mass is 432 g/mol. The summed E-state index contributed by atoms with van der Waals surface area (Å²) in [5.41, 5.74) is 3.78. The van der Waals surface area contributed by atoms with Gasteiger partial charge in [0.15, 0.2) is 0 Å². The lowest BCUT2D eigenvalue weighted by atomic mass is 10.0. The summed E-state index contributed by atoms with van der Waals surface area (Å²) in [4.78, 5) is 25.1. The highest BCUT2D eigenvalue weighted by Crippen LogP contribution is 2.19. The van der Waals surface area contributed by atoms with Crippen molar-refractivity contribution in [2.75, 3.05) is 0 Å². The molecule has 32 heavy (non-hydrogen) atoms. The number of fused-ring (bicyclic) bond motifs is 1. The molecular formula is C25H25FN4O2. The van der Waals surface area contributed by atoms with Gasteiger partial charge in [0.25, 0.3) is 5.56 Å². The van der Waals surface area contributed by atoms with Gasteiger partial charge in [0, 0.05) is 37.5 Å². The molecule has 2 aromatic carbocycles. The zero-order chi connectivity index (χ0) is 22.7. The van der Waals surface area contributed by atoms with Gasteiger partial charge in [0.2, 0.25) is 5.91 Å². The molecule has 0 saturated carbocycles. The van der Waals surface area contributed by atoms with E-state index >= 15 is 0 Å². The van der Waals surface area contributed by atoms with Crippen molar-refractivity contribution in [1.29, 1.82) is 0 Å². The first-order valence-electron chi connectivity index (χ1n) is 10.6. The van der Waals surface area contributed by atoms with E-state index in [1.807, 2.05) is 12.1 Å². The first-order valence-corrected chi connectivity index (χ1v) is 10.6. The number of rotatable bonds is 7. The number of nitrogens with one attached hydrogen (secondary N) is 1. The van der Waals surface area contributed by atoms with Crippen LogP contribution < -0.4 is 10.9 Å². The molecule has 4 rings (SSSR count). The lowest BCUT2D eigenvalue weighted by molar-refractivity contribution is -0.121. The summed E-state index contributed by atoms with van der Waals surface area (Å²) < 4.78 is 16.2. The molecule has 1 N–H and O–H groups in total. The Bertz CT molecular complexity index is 1290. The van der Waals surface area contributed by atoms with Crippen LogP contribution in [0.4, 0.5) is 4.39 Å². The van der Waals surface area contributed by atoms with Crippen LogP contribution in [0.3, 0.4) is 0 Å². The van der Waals surface area contributed by atoms with Crippen LogP contribution in [0.25, 0.3) is 16.8 Å². The Morgan fingerprint density at radius 1 is 1.06 bits per heavy atom. The normalized spacial score (nSPS) is 11.2. The summed E-state index contributed by atoms with van der Waals surface area (Å²) in [6, 6.07) is 15.8. The number of halogens is 1. The SMILES string of the molecule is CC(C)c1ccc(CNC(=O)CCn2ccn3nc(-c4ccc(F)cc4)cc3c2=O)cc1. The molecule has 0 bridgehead atoms.